The summed E-state index contributed by atoms with van der Waals surface area (Å²) in [7, 11) is 0. The lowest BCUT2D eigenvalue weighted by Crippen LogP contribution is -2.38. The molecule has 2 nitrogen and oxygen atoms in total. The van der Waals surface area contributed by atoms with Crippen molar-refractivity contribution < 1.29 is 4.74 Å². The van der Waals surface area contributed by atoms with Gasteiger partial charge in [0.05, 0.1) is 6.61 Å². The maximum absolute atomic E-state index is 5.70. The van der Waals surface area contributed by atoms with Crippen molar-refractivity contribution in [1.29, 1.82) is 0 Å². The molecule has 126 valence electrons. The van der Waals surface area contributed by atoms with E-state index in [1.165, 1.54) is 24.8 Å². The number of benzene rings is 2. The molecule has 2 aromatic rings. The molecule has 0 aromatic heterocycles. The number of ether oxygens (including phenoxy) is 1. The molecule has 0 unspecified atom stereocenters. The smallest absolute Gasteiger partial charge is 0.119 e. The van der Waals surface area contributed by atoms with Crippen LogP contribution in [0, 0.1) is 5.92 Å². The van der Waals surface area contributed by atoms with E-state index in [4.69, 9.17) is 17.0 Å². The molecule has 1 aliphatic rings. The van der Waals surface area contributed by atoms with Crippen molar-refractivity contribution in [3.63, 3.8) is 0 Å². The highest BCUT2D eigenvalue weighted by atomic mass is 32.1. The molecular formula is C21H25NOS. The van der Waals surface area contributed by atoms with Gasteiger partial charge in [-0.15, -0.1) is 0 Å². The van der Waals surface area contributed by atoms with Gasteiger partial charge in [0.15, 0.2) is 0 Å². The number of hydrogen-bond acceptors (Lipinski definition) is 2. The molecule has 0 N–H and O–H groups in total. The molecule has 0 amide bonds. The normalized spacial score (nSPS) is 15.3. The van der Waals surface area contributed by atoms with Crippen molar-refractivity contribution in [2.24, 2.45) is 5.92 Å². The fourth-order valence-electron chi connectivity index (χ4n) is 3.33. The maximum Gasteiger partial charge on any atom is 0.119 e. The lowest BCUT2D eigenvalue weighted by Gasteiger charge is -2.34. The van der Waals surface area contributed by atoms with Gasteiger partial charge in [-0.05, 0) is 61.9 Å². The van der Waals surface area contributed by atoms with Gasteiger partial charge in [0.2, 0.25) is 0 Å². The molecule has 0 saturated carbocycles. The minimum absolute atomic E-state index is 0.693. The molecular weight excluding hydrogens is 314 g/mol. The second kappa shape index (κ2) is 8.29. The Bertz CT molecular complexity index is 645. The van der Waals surface area contributed by atoms with Gasteiger partial charge in [-0.25, -0.2) is 0 Å². The van der Waals surface area contributed by atoms with Crippen LogP contribution in [0.3, 0.4) is 0 Å². The van der Waals surface area contributed by atoms with Gasteiger partial charge < -0.3 is 9.64 Å². The van der Waals surface area contributed by atoms with E-state index in [1.54, 1.807) is 0 Å². The van der Waals surface area contributed by atoms with Crippen molar-refractivity contribution >= 4 is 17.2 Å². The van der Waals surface area contributed by atoms with E-state index in [9.17, 15) is 0 Å². The Labute approximate surface area is 150 Å². The van der Waals surface area contributed by atoms with E-state index in [0.29, 0.717) is 6.61 Å². The molecule has 0 radical (unpaired) electrons. The molecule has 1 saturated heterocycles. The largest absolute Gasteiger partial charge is 0.494 e. The van der Waals surface area contributed by atoms with Crippen LogP contribution in [-0.2, 0) is 6.42 Å². The topological polar surface area (TPSA) is 12.5 Å². The molecule has 24 heavy (non-hydrogen) atoms. The van der Waals surface area contributed by atoms with Crippen LogP contribution in [0.15, 0.2) is 54.6 Å². The Hall–Kier alpha value is -1.87. The molecule has 0 aliphatic carbocycles. The zero-order valence-corrected chi connectivity index (χ0v) is 15.1. The van der Waals surface area contributed by atoms with E-state index in [1.807, 2.05) is 19.1 Å². The first kappa shape index (κ1) is 17.0. The van der Waals surface area contributed by atoms with Crippen molar-refractivity contribution in [2.45, 2.75) is 26.2 Å². The van der Waals surface area contributed by atoms with Crippen LogP contribution in [-0.4, -0.2) is 29.6 Å². The number of thiocarbonyl (C=S) groups is 1. The van der Waals surface area contributed by atoms with Crippen molar-refractivity contribution in [3.8, 4) is 5.75 Å². The predicted molar refractivity (Wildman–Crippen MR) is 104 cm³/mol. The Morgan fingerprint density at radius 1 is 1.04 bits per heavy atom. The predicted octanol–water partition coefficient (Wildman–Crippen LogP) is 4.72. The molecule has 3 heteroatoms. The van der Waals surface area contributed by atoms with Crippen LogP contribution in [0.4, 0.5) is 0 Å². The van der Waals surface area contributed by atoms with Crippen LogP contribution in [0.5, 0.6) is 5.75 Å². The van der Waals surface area contributed by atoms with Gasteiger partial charge in [-0.2, -0.15) is 0 Å². The molecule has 1 aliphatic heterocycles. The third kappa shape index (κ3) is 4.35. The van der Waals surface area contributed by atoms with Gasteiger partial charge >= 0.3 is 0 Å². The summed E-state index contributed by atoms with van der Waals surface area (Å²) in [5.74, 6) is 1.68. The lowest BCUT2D eigenvalue weighted by atomic mass is 9.90. The Morgan fingerprint density at radius 2 is 1.71 bits per heavy atom. The molecule has 1 fully saturated rings. The number of rotatable bonds is 5. The van der Waals surface area contributed by atoms with Crippen molar-refractivity contribution in [1.82, 2.24) is 4.90 Å². The zero-order chi connectivity index (χ0) is 16.8. The third-order valence-corrected chi connectivity index (χ3v) is 5.18. The van der Waals surface area contributed by atoms with Crippen LogP contribution < -0.4 is 4.74 Å². The van der Waals surface area contributed by atoms with E-state index in [0.717, 1.165) is 35.3 Å². The zero-order valence-electron chi connectivity index (χ0n) is 14.3. The number of hydrogen-bond donors (Lipinski definition) is 0. The highest BCUT2D eigenvalue weighted by molar-refractivity contribution is 7.80. The summed E-state index contributed by atoms with van der Waals surface area (Å²) in [5, 5.41) is 0. The number of likely N-dealkylation sites (tertiary alicyclic amines) is 1. The van der Waals surface area contributed by atoms with Gasteiger partial charge in [0.1, 0.15) is 10.7 Å². The molecule has 2 aromatic carbocycles. The summed E-state index contributed by atoms with van der Waals surface area (Å²) in [4.78, 5) is 3.32. The molecule has 1 heterocycles. The highest BCUT2D eigenvalue weighted by Crippen LogP contribution is 2.23. The van der Waals surface area contributed by atoms with Crippen LogP contribution in [0.25, 0.3) is 0 Å². The van der Waals surface area contributed by atoms with E-state index in [-0.39, 0.29) is 0 Å². The first-order valence-electron chi connectivity index (χ1n) is 8.82. The van der Waals surface area contributed by atoms with Crippen LogP contribution in [0.1, 0.15) is 30.9 Å². The Kier molecular flexibility index (Phi) is 5.86. The fourth-order valence-corrected chi connectivity index (χ4v) is 3.65. The van der Waals surface area contributed by atoms with E-state index in [2.05, 4.69) is 47.4 Å². The van der Waals surface area contributed by atoms with Gasteiger partial charge in [0.25, 0.3) is 0 Å². The molecule has 3 rings (SSSR count). The van der Waals surface area contributed by atoms with E-state index < -0.39 is 0 Å². The Balaban J connectivity index is 1.53. The summed E-state index contributed by atoms with van der Waals surface area (Å²) in [6.07, 6.45) is 3.61. The van der Waals surface area contributed by atoms with Crippen LogP contribution >= 0.6 is 12.2 Å². The summed E-state index contributed by atoms with van der Waals surface area (Å²) in [6.45, 7) is 4.81. The lowest BCUT2D eigenvalue weighted by molar-refractivity contribution is 0.268. The first-order valence-corrected chi connectivity index (χ1v) is 9.23. The van der Waals surface area contributed by atoms with Crippen molar-refractivity contribution in [2.75, 3.05) is 19.7 Å². The standard InChI is InChI=1S/C21H25NOS/c1-2-23-20-10-8-19(9-11-20)21(24)22-14-12-18(13-15-22)16-17-6-4-3-5-7-17/h3-11,18H,2,12-16H2,1H3. The maximum atomic E-state index is 5.70. The third-order valence-electron chi connectivity index (χ3n) is 4.68. The Morgan fingerprint density at radius 3 is 2.33 bits per heavy atom. The van der Waals surface area contributed by atoms with Gasteiger partial charge in [-0.1, -0.05) is 42.5 Å². The molecule has 0 atom stereocenters. The second-order valence-corrected chi connectivity index (χ2v) is 6.77. The SMILES string of the molecule is CCOc1ccc(C(=S)N2CCC(Cc3ccccc3)CC2)cc1. The monoisotopic (exact) mass is 339 g/mol. The first-order chi connectivity index (χ1) is 11.8. The highest BCUT2D eigenvalue weighted by Gasteiger charge is 2.21. The summed E-state index contributed by atoms with van der Waals surface area (Å²) in [6, 6.07) is 19.0. The molecule has 0 spiro atoms. The van der Waals surface area contributed by atoms with Crippen LogP contribution in [0.2, 0.25) is 0 Å². The van der Waals surface area contributed by atoms with Gasteiger partial charge in [-0.3, -0.25) is 0 Å². The fraction of sp³-hybridized carbons (Fsp3) is 0.381. The minimum atomic E-state index is 0.693. The summed E-state index contributed by atoms with van der Waals surface area (Å²) < 4.78 is 5.50. The molecule has 0 bridgehead atoms. The second-order valence-electron chi connectivity index (χ2n) is 6.38. The number of piperidine rings is 1. The minimum Gasteiger partial charge on any atom is -0.494 e. The van der Waals surface area contributed by atoms with E-state index >= 15 is 0 Å². The van der Waals surface area contributed by atoms with Crippen molar-refractivity contribution in [3.05, 3.63) is 65.7 Å². The summed E-state index contributed by atoms with van der Waals surface area (Å²) >= 11 is 5.70. The average Bonchev–Trinajstić information content (AvgIpc) is 2.64. The number of nitrogens with zero attached hydrogens (tertiary/aromatic N) is 1. The van der Waals surface area contributed by atoms with Gasteiger partial charge in [0, 0.05) is 18.7 Å². The average molecular weight is 340 g/mol. The quantitative estimate of drug-likeness (QED) is 0.732. The summed E-state index contributed by atoms with van der Waals surface area (Å²) in [5.41, 5.74) is 2.57.